The topological polar surface area (TPSA) is 26.3 Å². The van der Waals surface area contributed by atoms with Gasteiger partial charge in [-0.3, -0.25) is 0 Å². The van der Waals surface area contributed by atoms with Gasteiger partial charge in [-0.2, -0.15) is 0 Å². The molecular formula is C9H10O2P+. The Labute approximate surface area is 72.7 Å². The summed E-state index contributed by atoms with van der Waals surface area (Å²) in [5.41, 5.74) is 1.03. The summed E-state index contributed by atoms with van der Waals surface area (Å²) in [6.07, 6.45) is 1.78. The highest BCUT2D eigenvalue weighted by atomic mass is 31.1. The molecule has 0 spiro atoms. The van der Waals surface area contributed by atoms with E-state index in [9.17, 15) is 4.57 Å². The van der Waals surface area contributed by atoms with Crippen molar-refractivity contribution in [2.75, 3.05) is 7.11 Å². The molecule has 0 saturated carbocycles. The monoisotopic (exact) mass is 181 g/mol. The maximum Gasteiger partial charge on any atom is 0.540 e. The normalized spacial score (nSPS) is 11.9. The largest absolute Gasteiger partial charge is 0.540 e. The minimum Gasteiger partial charge on any atom is -0.146 e. The number of rotatable bonds is 3. The van der Waals surface area contributed by atoms with Crippen LogP contribution in [0.15, 0.2) is 36.1 Å². The second-order valence-electron chi connectivity index (χ2n) is 2.19. The Morgan fingerprint density at radius 3 is 2.58 bits per heavy atom. The quantitative estimate of drug-likeness (QED) is 0.670. The number of benzene rings is 1. The number of hydrogen-bond donors (Lipinski definition) is 0. The molecule has 1 aromatic rings. The molecule has 0 heterocycles. The Morgan fingerprint density at radius 1 is 1.33 bits per heavy atom. The highest BCUT2D eigenvalue weighted by Crippen LogP contribution is 2.22. The van der Waals surface area contributed by atoms with Gasteiger partial charge in [-0.1, -0.05) is 30.3 Å². The van der Waals surface area contributed by atoms with Crippen molar-refractivity contribution in [2.45, 2.75) is 0 Å². The van der Waals surface area contributed by atoms with Crippen LogP contribution in [0.4, 0.5) is 0 Å². The van der Waals surface area contributed by atoms with Crippen molar-refractivity contribution in [3.8, 4) is 0 Å². The minimum absolute atomic E-state index is 1.03. The van der Waals surface area contributed by atoms with Gasteiger partial charge in [0.15, 0.2) is 5.82 Å². The predicted molar refractivity (Wildman–Crippen MR) is 50.1 cm³/mol. The van der Waals surface area contributed by atoms with Gasteiger partial charge in [-0.05, 0) is 16.2 Å². The first kappa shape index (κ1) is 9.11. The van der Waals surface area contributed by atoms with Crippen LogP contribution in [0.2, 0.25) is 0 Å². The van der Waals surface area contributed by atoms with Crippen molar-refractivity contribution in [3.63, 3.8) is 0 Å². The Morgan fingerprint density at radius 2 is 2.00 bits per heavy atom. The lowest BCUT2D eigenvalue weighted by atomic mass is 10.2. The highest BCUT2D eigenvalue weighted by molar-refractivity contribution is 7.43. The van der Waals surface area contributed by atoms with Crippen molar-refractivity contribution < 1.29 is 9.09 Å². The molecule has 1 rings (SSSR count). The fourth-order valence-electron chi connectivity index (χ4n) is 0.772. The highest BCUT2D eigenvalue weighted by Gasteiger charge is 2.06. The maximum atomic E-state index is 10.8. The fraction of sp³-hybridized carbons (Fsp3) is 0.111. The Kier molecular flexibility index (Phi) is 3.65. The molecule has 1 aromatic carbocycles. The van der Waals surface area contributed by atoms with E-state index in [-0.39, 0.29) is 0 Å². The van der Waals surface area contributed by atoms with Crippen molar-refractivity contribution in [1.82, 2.24) is 0 Å². The Balaban J connectivity index is 2.64. The zero-order valence-electron chi connectivity index (χ0n) is 6.81. The standard InChI is InChI=1S/C9H10O2P/c1-11-12(10)8-7-9-5-3-2-4-6-9/h2-8H,1H3/q+1. The van der Waals surface area contributed by atoms with Gasteiger partial charge in [0.25, 0.3) is 0 Å². The van der Waals surface area contributed by atoms with Crippen LogP contribution in [0.3, 0.4) is 0 Å². The first-order valence-corrected chi connectivity index (χ1v) is 4.81. The third kappa shape index (κ3) is 2.95. The lowest BCUT2D eigenvalue weighted by Crippen LogP contribution is -1.67. The van der Waals surface area contributed by atoms with Gasteiger partial charge < -0.3 is 0 Å². The maximum absolute atomic E-state index is 10.8. The summed E-state index contributed by atoms with van der Waals surface area (Å²) in [5.74, 6) is 1.55. The Bertz CT molecular complexity index is 280. The van der Waals surface area contributed by atoms with E-state index in [4.69, 9.17) is 0 Å². The second-order valence-corrected chi connectivity index (χ2v) is 3.43. The van der Waals surface area contributed by atoms with Gasteiger partial charge in [0.2, 0.25) is 0 Å². The molecule has 0 aromatic heterocycles. The lowest BCUT2D eigenvalue weighted by molar-refractivity contribution is 0.422. The van der Waals surface area contributed by atoms with Crippen LogP contribution in [0, 0.1) is 0 Å². The summed E-state index contributed by atoms with van der Waals surface area (Å²) in [5, 5.41) is 0. The van der Waals surface area contributed by atoms with E-state index in [1.54, 1.807) is 11.9 Å². The summed E-state index contributed by atoms with van der Waals surface area (Å²) in [6, 6.07) is 9.68. The lowest BCUT2D eigenvalue weighted by Gasteiger charge is -1.85. The third-order valence-corrected chi connectivity index (χ3v) is 2.12. The molecule has 3 heteroatoms. The van der Waals surface area contributed by atoms with Crippen LogP contribution < -0.4 is 0 Å². The molecule has 0 fully saturated rings. The molecule has 62 valence electrons. The summed E-state index contributed by atoms with van der Waals surface area (Å²) in [7, 11) is -0.208. The molecule has 1 unspecified atom stereocenters. The average molecular weight is 181 g/mol. The smallest absolute Gasteiger partial charge is 0.146 e. The molecule has 0 aliphatic rings. The molecule has 0 N–H and O–H groups in total. The van der Waals surface area contributed by atoms with Crippen molar-refractivity contribution in [1.29, 1.82) is 0 Å². The molecule has 0 aliphatic carbocycles. The molecule has 0 saturated heterocycles. The van der Waals surface area contributed by atoms with Gasteiger partial charge in [-0.15, -0.1) is 4.52 Å². The molecule has 12 heavy (non-hydrogen) atoms. The fourth-order valence-corrected chi connectivity index (χ4v) is 1.19. The van der Waals surface area contributed by atoms with Crippen LogP contribution in [0.5, 0.6) is 0 Å². The van der Waals surface area contributed by atoms with Crippen molar-refractivity contribution >= 4 is 14.1 Å². The summed E-state index contributed by atoms with van der Waals surface area (Å²) in [4.78, 5) is 0. The molecular weight excluding hydrogens is 171 g/mol. The van der Waals surface area contributed by atoms with E-state index in [0.29, 0.717) is 0 Å². The van der Waals surface area contributed by atoms with Crippen LogP contribution in [-0.4, -0.2) is 7.11 Å². The summed E-state index contributed by atoms with van der Waals surface area (Å²) >= 11 is 0. The summed E-state index contributed by atoms with van der Waals surface area (Å²) in [6.45, 7) is 0. The molecule has 1 atom stereocenters. The molecule has 0 amide bonds. The Hall–Kier alpha value is -0.980. The van der Waals surface area contributed by atoms with Gasteiger partial charge in [0.05, 0.1) is 7.11 Å². The van der Waals surface area contributed by atoms with Gasteiger partial charge in [-0.25, -0.2) is 0 Å². The second kappa shape index (κ2) is 4.81. The van der Waals surface area contributed by atoms with Gasteiger partial charge in [0.1, 0.15) is 0 Å². The van der Waals surface area contributed by atoms with Crippen molar-refractivity contribution in [3.05, 3.63) is 41.7 Å². The minimum atomic E-state index is -1.63. The van der Waals surface area contributed by atoms with Crippen LogP contribution in [0.25, 0.3) is 6.08 Å². The number of hydrogen-bond acceptors (Lipinski definition) is 2. The average Bonchev–Trinajstić information content (AvgIpc) is 2.16. The van der Waals surface area contributed by atoms with E-state index in [1.165, 1.54) is 7.11 Å². The predicted octanol–water partition coefficient (Wildman–Crippen LogP) is 3.05. The third-order valence-electron chi connectivity index (χ3n) is 1.37. The SMILES string of the molecule is CO[P+](=O)C=Cc1ccccc1. The van der Waals surface area contributed by atoms with Crippen LogP contribution in [0.1, 0.15) is 5.56 Å². The van der Waals surface area contributed by atoms with E-state index >= 15 is 0 Å². The summed E-state index contributed by atoms with van der Waals surface area (Å²) < 4.78 is 15.4. The molecule has 0 bridgehead atoms. The van der Waals surface area contributed by atoms with E-state index < -0.39 is 8.03 Å². The molecule has 2 nitrogen and oxygen atoms in total. The van der Waals surface area contributed by atoms with Crippen molar-refractivity contribution in [2.24, 2.45) is 0 Å². The van der Waals surface area contributed by atoms with Crippen LogP contribution in [-0.2, 0) is 9.09 Å². The van der Waals surface area contributed by atoms with Gasteiger partial charge >= 0.3 is 8.03 Å². The van der Waals surface area contributed by atoms with E-state index in [0.717, 1.165) is 5.56 Å². The zero-order chi connectivity index (χ0) is 8.81. The van der Waals surface area contributed by atoms with E-state index in [2.05, 4.69) is 4.52 Å². The van der Waals surface area contributed by atoms with Crippen LogP contribution >= 0.6 is 8.03 Å². The van der Waals surface area contributed by atoms with E-state index in [1.807, 2.05) is 30.3 Å². The first-order valence-electron chi connectivity index (χ1n) is 3.56. The molecule has 0 aliphatic heterocycles. The first-order chi connectivity index (χ1) is 5.83. The van der Waals surface area contributed by atoms with Gasteiger partial charge in [0, 0.05) is 0 Å². The zero-order valence-corrected chi connectivity index (χ0v) is 7.70. The molecule has 0 radical (unpaired) electrons.